The SMILES string of the molecule is CCC(C)(O)OOC(C)(CC)c1ccccc1. The summed E-state index contributed by atoms with van der Waals surface area (Å²) in [7, 11) is 0. The molecular formula is C14H22O3. The second-order valence-electron chi connectivity index (χ2n) is 4.65. The Morgan fingerprint density at radius 1 is 1.00 bits per heavy atom. The highest BCUT2D eigenvalue weighted by Crippen LogP contribution is 2.30. The number of hydrogen-bond acceptors (Lipinski definition) is 3. The monoisotopic (exact) mass is 238 g/mol. The van der Waals surface area contributed by atoms with Crippen LogP contribution in [0.3, 0.4) is 0 Å². The molecule has 0 aliphatic heterocycles. The van der Waals surface area contributed by atoms with Crippen LogP contribution in [0.2, 0.25) is 0 Å². The summed E-state index contributed by atoms with van der Waals surface area (Å²) in [5, 5.41) is 9.78. The molecule has 0 saturated heterocycles. The van der Waals surface area contributed by atoms with E-state index in [0.29, 0.717) is 6.42 Å². The Hall–Kier alpha value is -0.900. The molecule has 3 heteroatoms. The maximum atomic E-state index is 9.78. The summed E-state index contributed by atoms with van der Waals surface area (Å²) in [6, 6.07) is 9.87. The Bertz CT molecular complexity index is 335. The normalized spacial score (nSPS) is 18.4. The third-order valence-corrected chi connectivity index (χ3v) is 3.12. The summed E-state index contributed by atoms with van der Waals surface area (Å²) in [5.74, 6) is -1.24. The molecule has 0 radical (unpaired) electrons. The second kappa shape index (κ2) is 5.63. The van der Waals surface area contributed by atoms with Gasteiger partial charge in [-0.1, -0.05) is 44.2 Å². The van der Waals surface area contributed by atoms with Gasteiger partial charge in [-0.05, 0) is 25.8 Å². The largest absolute Gasteiger partial charge is 0.363 e. The van der Waals surface area contributed by atoms with Crippen molar-refractivity contribution in [3.63, 3.8) is 0 Å². The molecule has 1 rings (SSSR count). The van der Waals surface area contributed by atoms with Crippen molar-refractivity contribution in [3.8, 4) is 0 Å². The molecular weight excluding hydrogens is 216 g/mol. The van der Waals surface area contributed by atoms with Gasteiger partial charge in [-0.2, -0.15) is 0 Å². The first kappa shape index (κ1) is 14.2. The van der Waals surface area contributed by atoms with Crippen molar-refractivity contribution in [3.05, 3.63) is 35.9 Å². The first-order chi connectivity index (χ1) is 7.93. The summed E-state index contributed by atoms with van der Waals surface area (Å²) in [6.07, 6.45) is 1.23. The van der Waals surface area contributed by atoms with Crippen molar-refractivity contribution in [2.75, 3.05) is 0 Å². The fourth-order valence-electron chi connectivity index (χ4n) is 1.34. The van der Waals surface area contributed by atoms with Crippen LogP contribution in [0, 0.1) is 0 Å². The summed E-state index contributed by atoms with van der Waals surface area (Å²) >= 11 is 0. The van der Waals surface area contributed by atoms with Gasteiger partial charge in [0, 0.05) is 6.42 Å². The Morgan fingerprint density at radius 3 is 2.06 bits per heavy atom. The van der Waals surface area contributed by atoms with Crippen molar-refractivity contribution in [2.24, 2.45) is 0 Å². The van der Waals surface area contributed by atoms with E-state index in [9.17, 15) is 5.11 Å². The van der Waals surface area contributed by atoms with E-state index in [4.69, 9.17) is 9.78 Å². The van der Waals surface area contributed by atoms with Crippen LogP contribution in [0.5, 0.6) is 0 Å². The summed E-state index contributed by atoms with van der Waals surface area (Å²) in [4.78, 5) is 10.6. The molecule has 3 nitrogen and oxygen atoms in total. The minimum absolute atomic E-state index is 0.474. The van der Waals surface area contributed by atoms with Gasteiger partial charge in [-0.3, -0.25) is 0 Å². The van der Waals surface area contributed by atoms with E-state index in [2.05, 4.69) is 0 Å². The Balaban J connectivity index is 2.77. The highest BCUT2D eigenvalue weighted by Gasteiger charge is 2.30. The van der Waals surface area contributed by atoms with E-state index < -0.39 is 11.4 Å². The van der Waals surface area contributed by atoms with Gasteiger partial charge in [-0.15, -0.1) is 0 Å². The maximum absolute atomic E-state index is 9.78. The van der Waals surface area contributed by atoms with Crippen LogP contribution in [-0.2, 0) is 15.4 Å². The van der Waals surface area contributed by atoms with Gasteiger partial charge in [0.1, 0.15) is 5.60 Å². The Morgan fingerprint density at radius 2 is 1.59 bits per heavy atom. The van der Waals surface area contributed by atoms with E-state index in [1.54, 1.807) is 6.92 Å². The van der Waals surface area contributed by atoms with E-state index >= 15 is 0 Å². The lowest BCUT2D eigenvalue weighted by atomic mass is 9.93. The highest BCUT2D eigenvalue weighted by molar-refractivity contribution is 5.21. The standard InChI is InChI=1S/C14H22O3/c1-5-13(3,12-10-8-7-9-11-12)16-17-14(4,15)6-2/h7-11,15H,5-6H2,1-4H3. The van der Waals surface area contributed by atoms with Crippen LogP contribution in [-0.4, -0.2) is 10.9 Å². The molecule has 0 aliphatic rings. The maximum Gasteiger partial charge on any atom is 0.196 e. The van der Waals surface area contributed by atoms with Crippen LogP contribution < -0.4 is 0 Å². The molecule has 0 bridgehead atoms. The first-order valence-electron chi connectivity index (χ1n) is 6.08. The lowest BCUT2D eigenvalue weighted by Gasteiger charge is -2.31. The molecule has 96 valence electrons. The van der Waals surface area contributed by atoms with Crippen LogP contribution in [0.1, 0.15) is 46.1 Å². The third kappa shape index (κ3) is 3.80. The molecule has 0 aromatic heterocycles. The van der Waals surface area contributed by atoms with Gasteiger partial charge in [0.15, 0.2) is 5.79 Å². The fraction of sp³-hybridized carbons (Fsp3) is 0.571. The van der Waals surface area contributed by atoms with Gasteiger partial charge in [0.05, 0.1) is 0 Å². The number of benzene rings is 1. The predicted molar refractivity (Wildman–Crippen MR) is 67.2 cm³/mol. The van der Waals surface area contributed by atoms with Crippen LogP contribution >= 0.6 is 0 Å². The molecule has 0 amide bonds. The molecule has 0 saturated carbocycles. The average molecular weight is 238 g/mol. The quantitative estimate of drug-likeness (QED) is 0.469. The van der Waals surface area contributed by atoms with Gasteiger partial charge >= 0.3 is 0 Å². The topological polar surface area (TPSA) is 38.7 Å². The number of hydrogen-bond donors (Lipinski definition) is 1. The van der Waals surface area contributed by atoms with Crippen molar-refractivity contribution < 1.29 is 14.9 Å². The molecule has 0 fully saturated rings. The molecule has 1 aromatic carbocycles. The lowest BCUT2D eigenvalue weighted by Crippen LogP contribution is -2.34. The molecule has 2 atom stereocenters. The first-order valence-corrected chi connectivity index (χ1v) is 6.08. The fourth-order valence-corrected chi connectivity index (χ4v) is 1.34. The molecule has 1 N–H and O–H groups in total. The minimum Gasteiger partial charge on any atom is -0.363 e. The molecule has 2 unspecified atom stereocenters. The van der Waals surface area contributed by atoms with E-state index in [-0.39, 0.29) is 0 Å². The summed E-state index contributed by atoms with van der Waals surface area (Å²) in [5.41, 5.74) is 0.495. The number of aliphatic hydroxyl groups is 1. The van der Waals surface area contributed by atoms with Crippen LogP contribution in [0.4, 0.5) is 0 Å². The molecule has 17 heavy (non-hydrogen) atoms. The molecule has 0 heterocycles. The Kier molecular flexibility index (Phi) is 4.69. The van der Waals surface area contributed by atoms with Gasteiger partial charge in [-0.25, -0.2) is 9.78 Å². The van der Waals surface area contributed by atoms with Gasteiger partial charge in [0.2, 0.25) is 0 Å². The van der Waals surface area contributed by atoms with Gasteiger partial charge in [0.25, 0.3) is 0 Å². The lowest BCUT2D eigenvalue weighted by molar-refractivity contribution is -0.457. The second-order valence-corrected chi connectivity index (χ2v) is 4.65. The minimum atomic E-state index is -1.24. The van der Waals surface area contributed by atoms with E-state index in [1.807, 2.05) is 51.1 Å². The zero-order valence-corrected chi connectivity index (χ0v) is 11.1. The Labute approximate surface area is 103 Å². The number of rotatable bonds is 6. The smallest absolute Gasteiger partial charge is 0.196 e. The zero-order valence-electron chi connectivity index (χ0n) is 11.1. The summed E-state index contributed by atoms with van der Waals surface area (Å²) < 4.78 is 0. The summed E-state index contributed by atoms with van der Waals surface area (Å²) in [6.45, 7) is 7.41. The van der Waals surface area contributed by atoms with Crippen LogP contribution in [0.25, 0.3) is 0 Å². The van der Waals surface area contributed by atoms with Crippen LogP contribution in [0.15, 0.2) is 30.3 Å². The molecule has 1 aromatic rings. The van der Waals surface area contributed by atoms with Gasteiger partial charge < -0.3 is 5.11 Å². The molecule has 0 aliphatic carbocycles. The van der Waals surface area contributed by atoms with Crippen molar-refractivity contribution >= 4 is 0 Å². The average Bonchev–Trinajstić information content (AvgIpc) is 2.37. The van der Waals surface area contributed by atoms with E-state index in [0.717, 1.165) is 12.0 Å². The molecule has 0 spiro atoms. The van der Waals surface area contributed by atoms with Crippen molar-refractivity contribution in [1.29, 1.82) is 0 Å². The zero-order chi connectivity index (χ0) is 12.9. The predicted octanol–water partition coefficient (Wildman–Crippen LogP) is 3.38. The van der Waals surface area contributed by atoms with E-state index in [1.165, 1.54) is 0 Å². The van der Waals surface area contributed by atoms with Crippen molar-refractivity contribution in [2.45, 2.75) is 51.9 Å². The highest BCUT2D eigenvalue weighted by atomic mass is 17.2. The third-order valence-electron chi connectivity index (χ3n) is 3.12. The van der Waals surface area contributed by atoms with Crippen molar-refractivity contribution in [1.82, 2.24) is 0 Å².